The normalized spacial score (nSPS) is 10.8. The number of aromatic nitrogens is 4. The summed E-state index contributed by atoms with van der Waals surface area (Å²) in [4.78, 5) is 31.4. The Morgan fingerprint density at radius 1 is 1.19 bits per heavy atom. The molecule has 1 aromatic carbocycles. The van der Waals surface area contributed by atoms with Crippen LogP contribution < -0.4 is 10.9 Å². The first-order valence-corrected chi connectivity index (χ1v) is 8.92. The molecule has 3 aromatic rings. The van der Waals surface area contributed by atoms with Crippen LogP contribution >= 0.6 is 23.2 Å². The highest BCUT2D eigenvalue weighted by molar-refractivity contribution is 6.36. The quantitative estimate of drug-likeness (QED) is 0.606. The van der Waals surface area contributed by atoms with Crippen molar-refractivity contribution < 1.29 is 4.79 Å². The number of benzene rings is 1. The van der Waals surface area contributed by atoms with Crippen LogP contribution in [0.15, 0.2) is 29.2 Å². The monoisotopic (exact) mass is 405 g/mol. The second-order valence-electron chi connectivity index (χ2n) is 6.04. The number of hydrogen-bond donors (Lipinski definition) is 3. The van der Waals surface area contributed by atoms with Crippen molar-refractivity contribution in [1.82, 2.24) is 25.5 Å². The van der Waals surface area contributed by atoms with Crippen LogP contribution in [0.2, 0.25) is 10.0 Å². The number of aromatic amines is 2. The number of carbonyl (C=O) groups excluding carboxylic acids is 1. The summed E-state index contributed by atoms with van der Waals surface area (Å²) in [6, 6.07) is 5.16. The molecule has 27 heavy (non-hydrogen) atoms. The minimum Gasteiger partial charge on any atom is -0.348 e. The number of carbonyl (C=O) groups is 1. The van der Waals surface area contributed by atoms with Crippen molar-refractivity contribution in [3.05, 3.63) is 78.7 Å². The zero-order valence-corrected chi connectivity index (χ0v) is 16.2. The van der Waals surface area contributed by atoms with Crippen LogP contribution in [0.5, 0.6) is 0 Å². The molecule has 140 valence electrons. The Bertz CT molecular complexity index is 1020. The van der Waals surface area contributed by atoms with Crippen LogP contribution in [-0.2, 0) is 13.0 Å². The third kappa shape index (κ3) is 4.20. The highest BCUT2D eigenvalue weighted by atomic mass is 35.5. The fraction of sp³-hybridized carbons (Fsp3) is 0.222. The van der Waals surface area contributed by atoms with Gasteiger partial charge in [-0.05, 0) is 31.5 Å². The Morgan fingerprint density at radius 3 is 2.48 bits per heavy atom. The Balaban J connectivity index is 1.74. The lowest BCUT2D eigenvalue weighted by Gasteiger charge is -2.08. The van der Waals surface area contributed by atoms with Gasteiger partial charge in [0.25, 0.3) is 11.5 Å². The fourth-order valence-electron chi connectivity index (χ4n) is 2.65. The molecule has 0 saturated heterocycles. The maximum Gasteiger partial charge on any atom is 0.263 e. The number of halogens is 2. The molecule has 0 aliphatic heterocycles. The Morgan fingerprint density at radius 2 is 1.89 bits per heavy atom. The van der Waals surface area contributed by atoms with Crippen LogP contribution in [0.25, 0.3) is 0 Å². The van der Waals surface area contributed by atoms with E-state index < -0.39 is 11.5 Å². The summed E-state index contributed by atoms with van der Waals surface area (Å²) in [5, 5.41) is 10.6. The number of nitrogens with one attached hydrogen (secondary N) is 3. The molecule has 0 fully saturated rings. The zero-order chi connectivity index (χ0) is 19.6. The van der Waals surface area contributed by atoms with E-state index in [9.17, 15) is 9.59 Å². The molecule has 7 nitrogen and oxygen atoms in total. The summed E-state index contributed by atoms with van der Waals surface area (Å²) in [5.74, 6) is -0.140. The average Bonchev–Trinajstić information content (AvgIpc) is 2.94. The van der Waals surface area contributed by atoms with E-state index in [1.54, 1.807) is 18.2 Å². The second kappa shape index (κ2) is 7.94. The molecular weight excluding hydrogens is 389 g/mol. The Hall–Kier alpha value is -2.64. The predicted octanol–water partition coefficient (Wildman–Crippen LogP) is 2.94. The van der Waals surface area contributed by atoms with Crippen molar-refractivity contribution in [2.24, 2.45) is 0 Å². The SMILES string of the molecule is Cc1n[nH]c(C)c1CNC(=O)c1cnc(Cc2c(Cl)cccc2Cl)[nH]c1=O. The lowest BCUT2D eigenvalue weighted by molar-refractivity contribution is 0.0949. The number of amides is 1. The predicted molar refractivity (Wildman–Crippen MR) is 103 cm³/mol. The molecule has 0 atom stereocenters. The maximum atomic E-state index is 12.3. The molecular formula is C18H17Cl2N5O2. The molecule has 3 N–H and O–H groups in total. The summed E-state index contributed by atoms with van der Waals surface area (Å²) >= 11 is 12.3. The molecule has 0 aliphatic rings. The summed E-state index contributed by atoms with van der Waals surface area (Å²) in [6.45, 7) is 3.97. The maximum absolute atomic E-state index is 12.3. The van der Waals surface area contributed by atoms with Crippen molar-refractivity contribution >= 4 is 29.1 Å². The number of hydrogen-bond acceptors (Lipinski definition) is 4. The van der Waals surface area contributed by atoms with Gasteiger partial charge < -0.3 is 10.3 Å². The number of rotatable bonds is 5. The number of H-pyrrole nitrogens is 2. The minimum absolute atomic E-state index is 0.0668. The number of nitrogens with zero attached hydrogens (tertiary/aromatic N) is 2. The van der Waals surface area contributed by atoms with Crippen LogP contribution in [0.1, 0.15) is 38.7 Å². The lowest BCUT2D eigenvalue weighted by atomic mass is 10.1. The second-order valence-corrected chi connectivity index (χ2v) is 6.86. The molecule has 0 spiro atoms. The van der Waals surface area contributed by atoms with Crippen LogP contribution in [0, 0.1) is 13.8 Å². The van der Waals surface area contributed by atoms with Crippen LogP contribution in [0.4, 0.5) is 0 Å². The Kier molecular flexibility index (Phi) is 5.62. The zero-order valence-electron chi connectivity index (χ0n) is 14.7. The van der Waals surface area contributed by atoms with E-state index in [1.807, 2.05) is 13.8 Å². The van der Waals surface area contributed by atoms with Crippen molar-refractivity contribution in [2.45, 2.75) is 26.8 Å². The Labute approximate surface area is 165 Å². The van der Waals surface area contributed by atoms with Crippen molar-refractivity contribution in [3.63, 3.8) is 0 Å². The summed E-state index contributed by atoms with van der Waals surface area (Å²) in [5.41, 5.74) is 2.62. The van der Waals surface area contributed by atoms with E-state index in [0.29, 0.717) is 21.4 Å². The molecule has 1 amide bonds. The minimum atomic E-state index is -0.527. The van der Waals surface area contributed by atoms with Gasteiger partial charge in [-0.15, -0.1) is 0 Å². The summed E-state index contributed by atoms with van der Waals surface area (Å²) in [6.07, 6.45) is 1.51. The van der Waals surface area contributed by atoms with Gasteiger partial charge in [-0.1, -0.05) is 29.3 Å². The fourth-order valence-corrected chi connectivity index (χ4v) is 3.18. The molecule has 0 unspecified atom stereocenters. The van der Waals surface area contributed by atoms with Crippen LogP contribution in [0.3, 0.4) is 0 Å². The topological polar surface area (TPSA) is 104 Å². The smallest absolute Gasteiger partial charge is 0.263 e. The summed E-state index contributed by atoms with van der Waals surface area (Å²) < 4.78 is 0. The van der Waals surface area contributed by atoms with E-state index in [4.69, 9.17) is 23.2 Å². The molecule has 2 heterocycles. The van der Waals surface area contributed by atoms with E-state index in [0.717, 1.165) is 17.0 Å². The van der Waals surface area contributed by atoms with Gasteiger partial charge in [-0.2, -0.15) is 5.10 Å². The molecule has 0 aliphatic carbocycles. The molecule has 0 bridgehead atoms. The van der Waals surface area contributed by atoms with Crippen molar-refractivity contribution in [2.75, 3.05) is 0 Å². The largest absolute Gasteiger partial charge is 0.348 e. The van der Waals surface area contributed by atoms with E-state index in [-0.39, 0.29) is 18.5 Å². The van der Waals surface area contributed by atoms with Gasteiger partial charge in [-0.3, -0.25) is 14.7 Å². The van der Waals surface area contributed by atoms with Gasteiger partial charge in [0.1, 0.15) is 11.4 Å². The molecule has 3 rings (SSSR count). The van der Waals surface area contributed by atoms with E-state index in [2.05, 4.69) is 25.5 Å². The molecule has 0 saturated carbocycles. The first-order chi connectivity index (χ1) is 12.9. The first-order valence-electron chi connectivity index (χ1n) is 8.16. The lowest BCUT2D eigenvalue weighted by Crippen LogP contribution is -2.30. The third-order valence-electron chi connectivity index (χ3n) is 4.21. The van der Waals surface area contributed by atoms with Gasteiger partial charge in [0.2, 0.25) is 0 Å². The van der Waals surface area contributed by atoms with E-state index >= 15 is 0 Å². The standard InChI is InChI=1S/C18H17Cl2N5O2/c1-9-12(10(2)25-24-9)7-22-17(26)13-8-21-16(23-18(13)27)6-11-14(19)4-3-5-15(11)20/h3-5,8H,6-7H2,1-2H3,(H,22,26)(H,24,25)(H,21,23,27). The molecule has 9 heteroatoms. The highest BCUT2D eigenvalue weighted by Crippen LogP contribution is 2.25. The molecule has 2 aromatic heterocycles. The average molecular weight is 406 g/mol. The highest BCUT2D eigenvalue weighted by Gasteiger charge is 2.15. The first kappa shape index (κ1) is 19.1. The van der Waals surface area contributed by atoms with Crippen LogP contribution in [-0.4, -0.2) is 26.1 Å². The van der Waals surface area contributed by atoms with Gasteiger partial charge >= 0.3 is 0 Å². The van der Waals surface area contributed by atoms with Crippen molar-refractivity contribution in [3.8, 4) is 0 Å². The molecule has 0 radical (unpaired) electrons. The van der Waals surface area contributed by atoms with Gasteiger partial charge in [0, 0.05) is 40.5 Å². The number of aryl methyl sites for hydroxylation is 2. The van der Waals surface area contributed by atoms with Gasteiger partial charge in [-0.25, -0.2) is 4.98 Å². The van der Waals surface area contributed by atoms with Gasteiger partial charge in [0.15, 0.2) is 0 Å². The van der Waals surface area contributed by atoms with Gasteiger partial charge in [0.05, 0.1) is 5.69 Å². The third-order valence-corrected chi connectivity index (χ3v) is 4.92. The van der Waals surface area contributed by atoms with E-state index in [1.165, 1.54) is 6.20 Å². The van der Waals surface area contributed by atoms with Crippen molar-refractivity contribution in [1.29, 1.82) is 0 Å². The summed E-state index contributed by atoms with van der Waals surface area (Å²) in [7, 11) is 0.